The number of hydrogen-bond donors (Lipinski definition) is 1. The SMILES string of the molecule is CC[C@H](C)O[C@H](COC(=O)[C@H](C)N)CN(C)S(C)(=O)=O. The van der Waals surface area contributed by atoms with Gasteiger partial charge in [0, 0.05) is 13.6 Å². The van der Waals surface area contributed by atoms with Crippen LogP contribution in [0.3, 0.4) is 0 Å². The van der Waals surface area contributed by atoms with Crippen LogP contribution in [0.5, 0.6) is 0 Å². The van der Waals surface area contributed by atoms with E-state index in [1.807, 2.05) is 13.8 Å². The van der Waals surface area contributed by atoms with E-state index in [9.17, 15) is 13.2 Å². The molecule has 0 aliphatic heterocycles. The average molecular weight is 310 g/mol. The van der Waals surface area contributed by atoms with Crippen molar-refractivity contribution in [2.45, 2.75) is 45.4 Å². The molecule has 3 atom stereocenters. The molecule has 7 nitrogen and oxygen atoms in total. The van der Waals surface area contributed by atoms with Gasteiger partial charge in [-0.1, -0.05) is 6.92 Å². The number of carbonyl (C=O) groups excluding carboxylic acids is 1. The van der Waals surface area contributed by atoms with E-state index in [2.05, 4.69) is 0 Å². The highest BCUT2D eigenvalue weighted by atomic mass is 32.2. The zero-order valence-corrected chi connectivity index (χ0v) is 13.6. The van der Waals surface area contributed by atoms with Crippen molar-refractivity contribution in [3.63, 3.8) is 0 Å². The predicted molar refractivity (Wildman–Crippen MR) is 76.7 cm³/mol. The van der Waals surface area contributed by atoms with E-state index in [1.54, 1.807) is 0 Å². The summed E-state index contributed by atoms with van der Waals surface area (Å²) < 4.78 is 34.7. The molecular formula is C12H26N2O5S. The van der Waals surface area contributed by atoms with Crippen molar-refractivity contribution in [1.29, 1.82) is 0 Å². The molecule has 0 unspecified atom stereocenters. The van der Waals surface area contributed by atoms with Gasteiger partial charge in [-0.3, -0.25) is 4.79 Å². The number of nitrogens with two attached hydrogens (primary N) is 1. The molecule has 2 N–H and O–H groups in total. The summed E-state index contributed by atoms with van der Waals surface area (Å²) in [6, 6.07) is -0.716. The topological polar surface area (TPSA) is 98.9 Å². The lowest BCUT2D eigenvalue weighted by Gasteiger charge is -2.25. The molecule has 0 aromatic rings. The van der Waals surface area contributed by atoms with E-state index in [1.165, 1.54) is 18.3 Å². The number of likely N-dealkylation sites (N-methyl/N-ethyl adjacent to an activating group) is 1. The summed E-state index contributed by atoms with van der Waals surface area (Å²) in [4.78, 5) is 11.4. The summed E-state index contributed by atoms with van der Waals surface area (Å²) in [5, 5.41) is 0. The van der Waals surface area contributed by atoms with Crippen molar-refractivity contribution >= 4 is 16.0 Å². The molecule has 0 fully saturated rings. The van der Waals surface area contributed by atoms with Crippen LogP contribution >= 0.6 is 0 Å². The molecule has 0 spiro atoms. The third kappa shape index (κ3) is 7.78. The summed E-state index contributed by atoms with van der Waals surface area (Å²) in [5.74, 6) is -0.537. The van der Waals surface area contributed by atoms with Gasteiger partial charge in [0.1, 0.15) is 18.8 Å². The number of ether oxygens (including phenoxy) is 2. The second-order valence-corrected chi connectivity index (χ2v) is 7.03. The first kappa shape index (κ1) is 19.3. The second kappa shape index (κ2) is 8.56. The largest absolute Gasteiger partial charge is 0.462 e. The molecule has 0 radical (unpaired) electrons. The molecule has 0 bridgehead atoms. The van der Waals surface area contributed by atoms with Gasteiger partial charge in [0.2, 0.25) is 10.0 Å². The van der Waals surface area contributed by atoms with Gasteiger partial charge in [-0.25, -0.2) is 12.7 Å². The van der Waals surface area contributed by atoms with Crippen LogP contribution in [0.2, 0.25) is 0 Å². The molecule has 0 heterocycles. The smallest absolute Gasteiger partial charge is 0.322 e. The normalized spacial score (nSPS) is 16.8. The fraction of sp³-hybridized carbons (Fsp3) is 0.917. The highest BCUT2D eigenvalue weighted by molar-refractivity contribution is 7.88. The Morgan fingerprint density at radius 1 is 1.35 bits per heavy atom. The first-order chi connectivity index (χ1) is 9.07. The van der Waals surface area contributed by atoms with Crippen molar-refractivity contribution in [2.24, 2.45) is 5.73 Å². The number of sulfonamides is 1. The molecule has 120 valence electrons. The number of nitrogens with zero attached hydrogens (tertiary/aromatic N) is 1. The minimum Gasteiger partial charge on any atom is -0.462 e. The summed E-state index contributed by atoms with van der Waals surface area (Å²) in [6.45, 7) is 5.45. The molecule has 0 saturated carbocycles. The molecule has 0 saturated heterocycles. The van der Waals surface area contributed by atoms with E-state index in [0.29, 0.717) is 0 Å². The van der Waals surface area contributed by atoms with Crippen LogP contribution in [-0.4, -0.2) is 63.4 Å². The van der Waals surface area contributed by atoms with Gasteiger partial charge in [0.25, 0.3) is 0 Å². The number of carbonyl (C=O) groups is 1. The standard InChI is InChI=1S/C12H26N2O5S/c1-6-9(2)19-11(7-14(4)20(5,16)17)8-18-12(15)10(3)13/h9-11H,6-8,13H2,1-5H3/t9-,10-,11-/m0/s1. The fourth-order valence-corrected chi connectivity index (χ4v) is 1.73. The lowest BCUT2D eigenvalue weighted by molar-refractivity contribution is -0.150. The molecule has 0 aromatic heterocycles. The first-order valence-electron chi connectivity index (χ1n) is 6.56. The molecule has 20 heavy (non-hydrogen) atoms. The highest BCUT2D eigenvalue weighted by Crippen LogP contribution is 2.07. The average Bonchev–Trinajstić information content (AvgIpc) is 2.33. The van der Waals surface area contributed by atoms with Crippen molar-refractivity contribution in [3.05, 3.63) is 0 Å². The Hall–Kier alpha value is -0.700. The zero-order chi connectivity index (χ0) is 15.9. The second-order valence-electron chi connectivity index (χ2n) is 4.94. The Morgan fingerprint density at radius 2 is 1.90 bits per heavy atom. The summed E-state index contributed by atoms with van der Waals surface area (Å²) in [6.07, 6.45) is 1.32. The van der Waals surface area contributed by atoms with E-state index in [4.69, 9.17) is 15.2 Å². The third-order valence-corrected chi connectivity index (χ3v) is 4.09. The summed E-state index contributed by atoms with van der Waals surface area (Å²) in [5.41, 5.74) is 5.40. The quantitative estimate of drug-likeness (QED) is 0.600. The molecule has 0 aliphatic carbocycles. The maximum absolute atomic E-state index is 11.4. The van der Waals surface area contributed by atoms with Gasteiger partial charge in [-0.2, -0.15) is 0 Å². The minimum absolute atomic E-state index is 0.0232. The minimum atomic E-state index is -3.31. The molecule has 0 rings (SSSR count). The van der Waals surface area contributed by atoms with Crippen LogP contribution < -0.4 is 5.73 Å². The van der Waals surface area contributed by atoms with Crippen LogP contribution in [-0.2, 0) is 24.3 Å². The van der Waals surface area contributed by atoms with Crippen molar-refractivity contribution in [3.8, 4) is 0 Å². The van der Waals surface area contributed by atoms with E-state index in [-0.39, 0.29) is 19.3 Å². The number of esters is 1. The fourth-order valence-electron chi connectivity index (χ4n) is 1.29. The summed E-state index contributed by atoms with van der Waals surface area (Å²) in [7, 11) is -1.85. The molecule has 0 aromatic carbocycles. The van der Waals surface area contributed by atoms with Crippen LogP contribution in [0.4, 0.5) is 0 Å². The number of hydrogen-bond acceptors (Lipinski definition) is 6. The lowest BCUT2D eigenvalue weighted by atomic mass is 10.3. The monoisotopic (exact) mass is 310 g/mol. The van der Waals surface area contributed by atoms with Crippen LogP contribution in [0.15, 0.2) is 0 Å². The van der Waals surface area contributed by atoms with Crippen molar-refractivity contribution in [1.82, 2.24) is 4.31 Å². The van der Waals surface area contributed by atoms with Gasteiger partial charge in [0.15, 0.2) is 0 Å². The van der Waals surface area contributed by atoms with Crippen LogP contribution in [0.1, 0.15) is 27.2 Å². The Kier molecular flexibility index (Phi) is 8.26. The molecule has 0 amide bonds. The van der Waals surface area contributed by atoms with Crippen molar-refractivity contribution < 1.29 is 22.7 Å². The number of rotatable bonds is 9. The highest BCUT2D eigenvalue weighted by Gasteiger charge is 2.22. The van der Waals surface area contributed by atoms with E-state index in [0.717, 1.165) is 12.7 Å². The van der Waals surface area contributed by atoms with Gasteiger partial charge in [-0.05, 0) is 20.3 Å². The van der Waals surface area contributed by atoms with Gasteiger partial charge in [0.05, 0.1) is 12.4 Å². The zero-order valence-electron chi connectivity index (χ0n) is 12.8. The Morgan fingerprint density at radius 3 is 2.30 bits per heavy atom. The third-order valence-electron chi connectivity index (χ3n) is 2.81. The van der Waals surface area contributed by atoms with Gasteiger partial charge in [-0.15, -0.1) is 0 Å². The molecule has 0 aliphatic rings. The summed E-state index contributed by atoms with van der Waals surface area (Å²) >= 11 is 0. The molecule has 8 heteroatoms. The van der Waals surface area contributed by atoms with E-state index < -0.39 is 28.1 Å². The Bertz CT molecular complexity index is 397. The predicted octanol–water partition coefficient (Wildman–Crippen LogP) is -0.0481. The maximum Gasteiger partial charge on any atom is 0.322 e. The van der Waals surface area contributed by atoms with Crippen molar-refractivity contribution in [2.75, 3.05) is 26.5 Å². The van der Waals surface area contributed by atoms with Crippen LogP contribution in [0, 0.1) is 0 Å². The lowest BCUT2D eigenvalue weighted by Crippen LogP contribution is -2.40. The Balaban J connectivity index is 4.61. The first-order valence-corrected chi connectivity index (χ1v) is 8.41. The Labute approximate surface area is 121 Å². The molecular weight excluding hydrogens is 284 g/mol. The van der Waals surface area contributed by atoms with Gasteiger partial charge >= 0.3 is 5.97 Å². The van der Waals surface area contributed by atoms with Crippen LogP contribution in [0.25, 0.3) is 0 Å². The maximum atomic E-state index is 11.4. The van der Waals surface area contributed by atoms with E-state index >= 15 is 0 Å². The van der Waals surface area contributed by atoms with Gasteiger partial charge < -0.3 is 15.2 Å².